The summed E-state index contributed by atoms with van der Waals surface area (Å²) in [5, 5.41) is 0. The Morgan fingerprint density at radius 2 is 1.73 bits per heavy atom. The van der Waals surface area contributed by atoms with Crippen LogP contribution in [0, 0.1) is 19.7 Å². The maximum atomic E-state index is 15.9. The lowest BCUT2D eigenvalue weighted by molar-refractivity contribution is -0.731. The number of aryl methyl sites for hydroxylation is 2. The molecule has 0 spiro atoms. The molecule has 0 fully saturated rings. The molecule has 0 aliphatic carbocycles. The third kappa shape index (κ3) is 3.65. The van der Waals surface area contributed by atoms with Crippen molar-refractivity contribution in [1.29, 1.82) is 0 Å². The number of aromatic nitrogens is 2. The molecule has 1 aromatic heterocycles. The van der Waals surface area contributed by atoms with Crippen molar-refractivity contribution in [2.24, 2.45) is 0 Å². The van der Waals surface area contributed by atoms with Gasteiger partial charge in [-0.1, -0.05) is 41.5 Å². The second-order valence-electron chi connectivity index (χ2n) is 6.05. The van der Waals surface area contributed by atoms with Crippen LogP contribution >= 0.6 is 0 Å². The predicted molar refractivity (Wildman–Crippen MR) is 104 cm³/mol. The summed E-state index contributed by atoms with van der Waals surface area (Å²) in [5.74, 6) is -0.393. The number of hydrogen-bond acceptors (Lipinski definition) is 1. The Morgan fingerprint density at radius 3 is 2.27 bits per heavy atom. The molecular weight excluding hydrogens is 330 g/mol. The molecule has 0 bridgehead atoms. The largest absolute Gasteiger partial charge is 0.245 e. The van der Waals surface area contributed by atoms with Gasteiger partial charge in [0.25, 0.3) is 0 Å². The van der Waals surface area contributed by atoms with Crippen molar-refractivity contribution in [3.05, 3.63) is 47.2 Å². The predicted octanol–water partition coefficient (Wildman–Crippen LogP) is 6.38. The van der Waals surface area contributed by atoms with Crippen molar-refractivity contribution >= 4 is 0 Å². The maximum absolute atomic E-state index is 15.9. The van der Waals surface area contributed by atoms with E-state index in [4.69, 9.17) is 0 Å². The second kappa shape index (κ2) is 9.20. The smallest absolute Gasteiger partial charge is 0.234 e. The monoisotopic (exact) mass is 363 g/mol. The van der Waals surface area contributed by atoms with E-state index in [2.05, 4.69) is 4.98 Å². The Kier molecular flexibility index (Phi) is 7.86. The van der Waals surface area contributed by atoms with Gasteiger partial charge in [0, 0.05) is 12.0 Å². The molecule has 1 aromatic carbocycles. The lowest BCUT2D eigenvalue weighted by atomic mass is 9.77. The minimum absolute atomic E-state index is 0.314. The zero-order chi connectivity index (χ0) is 20.1. The third-order valence-electron chi connectivity index (χ3n) is 4.72. The lowest BCUT2D eigenvalue weighted by Gasteiger charge is -2.35. The summed E-state index contributed by atoms with van der Waals surface area (Å²) in [6.07, 6.45) is 2.86. The Hall–Kier alpha value is -1.84. The summed E-state index contributed by atoms with van der Waals surface area (Å²) < 4.78 is 31.6. The van der Waals surface area contributed by atoms with Gasteiger partial charge >= 0.3 is 0 Å². The van der Waals surface area contributed by atoms with E-state index < -0.39 is 11.5 Å². The summed E-state index contributed by atoms with van der Waals surface area (Å²) in [6, 6.07) is 4.08. The summed E-state index contributed by atoms with van der Waals surface area (Å²) in [6.45, 7) is 15.6. The van der Waals surface area contributed by atoms with Crippen LogP contribution in [0.3, 0.4) is 0 Å². The minimum atomic E-state index is -1.57. The first-order chi connectivity index (χ1) is 12.4. The standard InChI is InChI=1S/C18H21F2N2.2C2H6/c1-5-16-18(20,6-2)15-9-13(19)7-8-14(15)17-12(4)21-11(3)10-22(16)17;2*1-2/h7-10,16H,5-6H2,1-4H3;2*1-2H3/q+1;;/t16-,18?;;/m1../s1. The molecule has 1 unspecified atom stereocenters. The van der Waals surface area contributed by atoms with Crippen LogP contribution in [-0.4, -0.2) is 4.98 Å². The van der Waals surface area contributed by atoms with Gasteiger partial charge in [-0.2, -0.15) is 4.57 Å². The van der Waals surface area contributed by atoms with Gasteiger partial charge in [-0.15, -0.1) is 0 Å². The molecular formula is C22H33F2N2+. The van der Waals surface area contributed by atoms with Crippen LogP contribution in [0.1, 0.15) is 77.4 Å². The van der Waals surface area contributed by atoms with Crippen LogP contribution in [0.4, 0.5) is 8.78 Å². The zero-order valence-electron chi connectivity index (χ0n) is 17.5. The van der Waals surface area contributed by atoms with Gasteiger partial charge in [0.05, 0.1) is 5.56 Å². The van der Waals surface area contributed by atoms with Crippen molar-refractivity contribution in [2.75, 3.05) is 0 Å². The van der Waals surface area contributed by atoms with Gasteiger partial charge < -0.3 is 0 Å². The Labute approximate surface area is 157 Å². The van der Waals surface area contributed by atoms with Crippen LogP contribution in [0.2, 0.25) is 0 Å². The number of fused-ring (bicyclic) bond motifs is 3. The van der Waals surface area contributed by atoms with E-state index in [1.165, 1.54) is 12.1 Å². The van der Waals surface area contributed by atoms with E-state index >= 15 is 4.39 Å². The molecule has 0 radical (unpaired) electrons. The molecule has 4 heteroatoms. The molecule has 2 heterocycles. The van der Waals surface area contributed by atoms with Gasteiger partial charge in [-0.25, -0.2) is 13.8 Å². The van der Waals surface area contributed by atoms with E-state index in [-0.39, 0.29) is 6.04 Å². The first kappa shape index (κ1) is 22.2. The molecule has 1 aliphatic rings. The van der Waals surface area contributed by atoms with E-state index in [0.29, 0.717) is 18.4 Å². The molecule has 0 amide bonds. The maximum Gasteiger partial charge on any atom is 0.234 e. The van der Waals surface area contributed by atoms with Crippen LogP contribution < -0.4 is 4.57 Å². The quantitative estimate of drug-likeness (QED) is 0.565. The highest BCUT2D eigenvalue weighted by molar-refractivity contribution is 5.66. The molecule has 1 aliphatic heterocycles. The molecule has 0 N–H and O–H groups in total. The van der Waals surface area contributed by atoms with Crippen molar-refractivity contribution in [3.8, 4) is 11.3 Å². The molecule has 2 aromatic rings. The van der Waals surface area contributed by atoms with Crippen LogP contribution in [0.25, 0.3) is 11.3 Å². The Morgan fingerprint density at radius 1 is 1.12 bits per heavy atom. The number of halogens is 2. The molecule has 0 saturated heterocycles. The van der Waals surface area contributed by atoms with Crippen molar-refractivity contribution in [3.63, 3.8) is 0 Å². The van der Waals surface area contributed by atoms with Crippen molar-refractivity contribution in [2.45, 2.75) is 79.9 Å². The highest BCUT2D eigenvalue weighted by Gasteiger charge is 2.52. The molecule has 2 atom stereocenters. The van der Waals surface area contributed by atoms with Crippen LogP contribution in [0.15, 0.2) is 24.4 Å². The molecule has 3 rings (SSSR count). The Bertz CT molecular complexity index is 743. The summed E-state index contributed by atoms with van der Waals surface area (Å²) in [4.78, 5) is 4.51. The number of nitrogens with zero attached hydrogens (tertiary/aromatic N) is 2. The molecule has 2 nitrogen and oxygen atoms in total. The first-order valence-corrected chi connectivity index (χ1v) is 9.81. The van der Waals surface area contributed by atoms with E-state index in [1.54, 1.807) is 6.07 Å². The van der Waals surface area contributed by atoms with Gasteiger partial charge in [0.1, 0.15) is 17.2 Å². The van der Waals surface area contributed by atoms with Gasteiger partial charge in [0.15, 0.2) is 17.9 Å². The van der Waals surface area contributed by atoms with Gasteiger partial charge in [0.2, 0.25) is 5.69 Å². The zero-order valence-corrected chi connectivity index (χ0v) is 17.5. The van der Waals surface area contributed by atoms with Crippen molar-refractivity contribution in [1.82, 2.24) is 4.98 Å². The average molecular weight is 364 g/mol. The fourth-order valence-corrected chi connectivity index (χ4v) is 3.79. The minimum Gasteiger partial charge on any atom is -0.245 e. The fourth-order valence-electron chi connectivity index (χ4n) is 3.79. The number of hydrogen-bond donors (Lipinski definition) is 0. The van der Waals surface area contributed by atoms with Crippen LogP contribution in [-0.2, 0) is 5.67 Å². The van der Waals surface area contributed by atoms with Gasteiger partial charge in [-0.05, 0) is 38.5 Å². The number of alkyl halides is 1. The van der Waals surface area contributed by atoms with E-state index in [1.807, 2.05) is 66.2 Å². The van der Waals surface area contributed by atoms with Crippen LogP contribution in [0.5, 0.6) is 0 Å². The summed E-state index contributed by atoms with van der Waals surface area (Å²) >= 11 is 0. The van der Waals surface area contributed by atoms with Gasteiger partial charge in [-0.3, -0.25) is 0 Å². The summed E-state index contributed by atoms with van der Waals surface area (Å²) in [7, 11) is 0. The van der Waals surface area contributed by atoms with Crippen molar-refractivity contribution < 1.29 is 13.3 Å². The molecule has 26 heavy (non-hydrogen) atoms. The topological polar surface area (TPSA) is 16.8 Å². The second-order valence-corrected chi connectivity index (χ2v) is 6.05. The highest BCUT2D eigenvalue weighted by atomic mass is 19.1. The Balaban J connectivity index is 0.000000791. The normalized spacial score (nSPS) is 20.0. The molecule has 0 saturated carbocycles. The SMILES string of the molecule is CC.CC.CC[C@H]1[n+]2cc(C)nc(C)c2-c2ccc(F)cc2C1(F)CC. The van der Waals surface area contributed by atoms with E-state index in [9.17, 15) is 4.39 Å². The average Bonchev–Trinajstić information content (AvgIpc) is 2.65. The first-order valence-electron chi connectivity index (χ1n) is 9.81. The summed E-state index contributed by atoms with van der Waals surface area (Å²) in [5.41, 5.74) is 2.25. The molecule has 144 valence electrons. The number of rotatable bonds is 2. The fraction of sp³-hybridized carbons (Fsp3) is 0.545. The number of benzene rings is 1. The lowest BCUT2D eigenvalue weighted by Crippen LogP contribution is -2.54. The van der Waals surface area contributed by atoms with E-state index in [0.717, 1.165) is 22.6 Å². The third-order valence-corrected chi connectivity index (χ3v) is 4.72. The highest BCUT2D eigenvalue weighted by Crippen LogP contribution is 2.47.